The van der Waals surface area contributed by atoms with E-state index in [-0.39, 0.29) is 0 Å². The van der Waals surface area contributed by atoms with Crippen LogP contribution in [0.2, 0.25) is 0 Å². The summed E-state index contributed by atoms with van der Waals surface area (Å²) in [5.41, 5.74) is 18.0. The van der Waals surface area contributed by atoms with Gasteiger partial charge in [0, 0.05) is 44.8 Å². The highest BCUT2D eigenvalue weighted by atomic mass is 16.5. The summed E-state index contributed by atoms with van der Waals surface area (Å²) in [5, 5.41) is 2.19. The Balaban J connectivity index is 0.975. The molecule has 316 valence electrons. The average Bonchev–Trinajstić information content (AvgIpc) is 3.41. The Morgan fingerprint density at radius 3 is 1.01 bits per heavy atom. The summed E-state index contributed by atoms with van der Waals surface area (Å²) in [6.45, 7) is 0. The van der Waals surface area contributed by atoms with Gasteiger partial charge in [-0.3, -0.25) is 0 Å². The van der Waals surface area contributed by atoms with Crippen LogP contribution in [-0.4, -0.2) is 0 Å². The molecule has 0 aromatic heterocycles. The van der Waals surface area contributed by atoms with Crippen molar-refractivity contribution in [1.29, 1.82) is 0 Å². The normalized spacial score (nSPS) is 11.4. The van der Waals surface area contributed by atoms with Gasteiger partial charge in [-0.25, -0.2) is 0 Å². The van der Waals surface area contributed by atoms with Crippen molar-refractivity contribution in [2.24, 2.45) is 0 Å². The average molecular weight is 857 g/mol. The predicted octanol–water partition coefficient (Wildman–Crippen LogP) is 18.2. The lowest BCUT2D eigenvalue weighted by Gasteiger charge is -2.30. The molecule has 0 saturated carbocycles. The maximum Gasteiger partial charge on any atom is 0.136 e. The van der Waals surface area contributed by atoms with Gasteiger partial charge in [0.2, 0.25) is 0 Å². The molecule has 11 aromatic carbocycles. The van der Waals surface area contributed by atoms with E-state index in [2.05, 4.69) is 277 Å². The van der Waals surface area contributed by atoms with Gasteiger partial charge in [-0.15, -0.1) is 0 Å². The third-order valence-corrected chi connectivity index (χ3v) is 12.9. The molecule has 12 rings (SSSR count). The van der Waals surface area contributed by atoms with Crippen LogP contribution >= 0.6 is 0 Å². The number of benzene rings is 11. The molecule has 3 nitrogen and oxygen atoms in total. The summed E-state index contributed by atoms with van der Waals surface area (Å²) in [7, 11) is 0. The molecule has 0 bridgehead atoms. The van der Waals surface area contributed by atoms with E-state index >= 15 is 0 Å². The molecular weight excluding hydrogens is 813 g/mol. The molecule has 3 heteroatoms. The van der Waals surface area contributed by atoms with Crippen LogP contribution in [0.5, 0.6) is 11.5 Å². The molecule has 0 unspecified atom stereocenters. The molecule has 0 spiro atoms. The molecule has 0 radical (unpaired) electrons. The fourth-order valence-corrected chi connectivity index (χ4v) is 9.55. The lowest BCUT2D eigenvalue weighted by molar-refractivity contribution is 0.487. The van der Waals surface area contributed by atoms with Crippen LogP contribution in [0.25, 0.3) is 66.4 Å². The number of ether oxygens (including phenoxy) is 1. The summed E-state index contributed by atoms with van der Waals surface area (Å²) in [5.74, 6) is 1.68. The lowest BCUT2D eigenvalue weighted by Crippen LogP contribution is -2.12. The maximum atomic E-state index is 6.86. The molecular formula is C64H44N2O. The van der Waals surface area contributed by atoms with Crippen molar-refractivity contribution in [3.8, 4) is 67.1 Å². The molecule has 0 aliphatic carbocycles. The van der Waals surface area contributed by atoms with E-state index in [1.54, 1.807) is 0 Å². The Bertz CT molecular complexity index is 3320. The van der Waals surface area contributed by atoms with Crippen LogP contribution in [-0.2, 0) is 0 Å². The molecule has 11 aromatic rings. The minimum absolute atomic E-state index is 0.833. The first-order valence-corrected chi connectivity index (χ1v) is 22.8. The molecule has 1 heterocycles. The van der Waals surface area contributed by atoms with Gasteiger partial charge in [0.05, 0.1) is 5.69 Å². The van der Waals surface area contributed by atoms with E-state index in [0.717, 1.165) is 67.5 Å². The quantitative estimate of drug-likeness (QED) is 0.136. The summed E-state index contributed by atoms with van der Waals surface area (Å²) >= 11 is 0. The fraction of sp³-hybridized carbons (Fsp3) is 0. The standard InChI is InChI=1S/C64H44N2O/c1-5-14-45(15-6-1)49-24-32-53(33-25-49)65(54-34-26-50(27-35-54)46-16-7-2-8-17-46)57-40-42-62-60(44-57)58-22-13-23-59-61(41-43-63(67-62)64(58)59)66(55-36-28-51(29-37-55)47-18-9-3-10-19-47)56-38-30-52(31-39-56)48-20-11-4-12-21-48/h1-44H. The summed E-state index contributed by atoms with van der Waals surface area (Å²) in [6, 6.07) is 95.3. The highest BCUT2D eigenvalue weighted by molar-refractivity contribution is 6.11. The number of hydrogen-bond acceptors (Lipinski definition) is 3. The van der Waals surface area contributed by atoms with Gasteiger partial charge < -0.3 is 14.5 Å². The highest BCUT2D eigenvalue weighted by Crippen LogP contribution is 2.52. The van der Waals surface area contributed by atoms with E-state index < -0.39 is 0 Å². The van der Waals surface area contributed by atoms with Crippen molar-refractivity contribution < 1.29 is 4.74 Å². The molecule has 67 heavy (non-hydrogen) atoms. The Labute approximate surface area is 391 Å². The molecule has 0 amide bonds. The summed E-state index contributed by atoms with van der Waals surface area (Å²) in [6.07, 6.45) is 0. The van der Waals surface area contributed by atoms with E-state index in [4.69, 9.17) is 4.74 Å². The topological polar surface area (TPSA) is 15.7 Å². The van der Waals surface area contributed by atoms with Crippen molar-refractivity contribution in [2.75, 3.05) is 9.80 Å². The predicted molar refractivity (Wildman–Crippen MR) is 281 cm³/mol. The van der Waals surface area contributed by atoms with Gasteiger partial charge in [0.25, 0.3) is 0 Å². The second-order valence-electron chi connectivity index (χ2n) is 16.9. The zero-order valence-corrected chi connectivity index (χ0v) is 36.7. The molecule has 0 fully saturated rings. The molecule has 1 aliphatic heterocycles. The fourth-order valence-electron chi connectivity index (χ4n) is 9.55. The first-order chi connectivity index (χ1) is 33.2. The monoisotopic (exact) mass is 856 g/mol. The minimum atomic E-state index is 0.833. The number of fused-ring (bicyclic) bond motifs is 2. The van der Waals surface area contributed by atoms with Crippen molar-refractivity contribution in [3.63, 3.8) is 0 Å². The van der Waals surface area contributed by atoms with Gasteiger partial charge in [0.15, 0.2) is 0 Å². The van der Waals surface area contributed by atoms with Crippen LogP contribution in [0.4, 0.5) is 34.1 Å². The first-order valence-electron chi connectivity index (χ1n) is 22.8. The SMILES string of the molecule is c1ccc(-c2ccc(N(c3ccc(-c4ccccc4)cc3)c3ccc4c(c3)-c3cccc5c(N(c6ccc(-c7ccccc7)cc6)c6ccc(-c7ccccc7)cc6)ccc(c35)O4)cc2)cc1. The minimum Gasteiger partial charge on any atom is -0.456 e. The van der Waals surface area contributed by atoms with Gasteiger partial charge >= 0.3 is 0 Å². The van der Waals surface area contributed by atoms with Crippen LogP contribution in [0, 0.1) is 0 Å². The molecule has 1 aliphatic rings. The largest absolute Gasteiger partial charge is 0.456 e. The summed E-state index contributed by atoms with van der Waals surface area (Å²) in [4.78, 5) is 4.72. The van der Waals surface area contributed by atoms with Gasteiger partial charge in [-0.1, -0.05) is 188 Å². The zero-order valence-electron chi connectivity index (χ0n) is 36.7. The Kier molecular flexibility index (Phi) is 10.2. The molecule has 0 N–H and O–H groups in total. The Hall–Kier alpha value is -8.92. The third kappa shape index (κ3) is 7.59. The smallest absolute Gasteiger partial charge is 0.136 e. The van der Waals surface area contributed by atoms with Crippen molar-refractivity contribution in [3.05, 3.63) is 267 Å². The van der Waals surface area contributed by atoms with Crippen LogP contribution < -0.4 is 14.5 Å². The van der Waals surface area contributed by atoms with E-state index in [9.17, 15) is 0 Å². The highest BCUT2D eigenvalue weighted by Gasteiger charge is 2.26. The first kappa shape index (κ1) is 39.7. The zero-order chi connectivity index (χ0) is 44.5. The lowest BCUT2D eigenvalue weighted by atomic mass is 9.93. The second-order valence-corrected chi connectivity index (χ2v) is 16.9. The number of rotatable bonds is 10. The van der Waals surface area contributed by atoms with Crippen molar-refractivity contribution in [2.45, 2.75) is 0 Å². The van der Waals surface area contributed by atoms with Crippen LogP contribution in [0.1, 0.15) is 0 Å². The van der Waals surface area contributed by atoms with E-state index in [0.29, 0.717) is 0 Å². The summed E-state index contributed by atoms with van der Waals surface area (Å²) < 4.78 is 6.86. The van der Waals surface area contributed by atoms with Crippen LogP contribution in [0.15, 0.2) is 267 Å². The Morgan fingerprint density at radius 2 is 0.597 bits per heavy atom. The van der Waals surface area contributed by atoms with Crippen LogP contribution in [0.3, 0.4) is 0 Å². The van der Waals surface area contributed by atoms with E-state index in [1.807, 2.05) is 0 Å². The van der Waals surface area contributed by atoms with Crippen molar-refractivity contribution in [1.82, 2.24) is 0 Å². The molecule has 0 saturated heterocycles. The number of nitrogens with zero attached hydrogens (tertiary/aromatic N) is 2. The Morgan fingerprint density at radius 1 is 0.239 bits per heavy atom. The second kappa shape index (κ2) is 17.2. The van der Waals surface area contributed by atoms with E-state index in [1.165, 1.54) is 44.5 Å². The number of anilines is 6. The molecule has 0 atom stereocenters. The van der Waals surface area contributed by atoms with Gasteiger partial charge in [0.1, 0.15) is 11.5 Å². The van der Waals surface area contributed by atoms with Gasteiger partial charge in [-0.05, 0) is 129 Å². The number of hydrogen-bond donors (Lipinski definition) is 0. The van der Waals surface area contributed by atoms with Crippen molar-refractivity contribution >= 4 is 44.9 Å². The van der Waals surface area contributed by atoms with Gasteiger partial charge in [-0.2, -0.15) is 0 Å². The maximum absolute atomic E-state index is 6.86. The third-order valence-electron chi connectivity index (χ3n) is 12.9.